The molecule has 4 heterocycles. The minimum atomic E-state index is -0.368. The minimum absolute atomic E-state index is 0.113. The number of unbranched alkanes of at least 4 members (excludes halogenated alkanes) is 36. The van der Waals surface area contributed by atoms with Crippen LogP contribution < -0.4 is 11.1 Å². The van der Waals surface area contributed by atoms with Crippen molar-refractivity contribution >= 4 is 109 Å². The van der Waals surface area contributed by atoms with Crippen LogP contribution in [0.3, 0.4) is 0 Å². The maximum Gasteiger partial charge on any atom is 0.287 e. The van der Waals surface area contributed by atoms with Gasteiger partial charge in [0.25, 0.3) is 22.5 Å². The van der Waals surface area contributed by atoms with Crippen LogP contribution in [-0.2, 0) is 0 Å². The molecule has 0 amide bonds. The lowest BCUT2D eigenvalue weighted by Crippen LogP contribution is -2.14. The first kappa shape index (κ1) is 75.2. The van der Waals surface area contributed by atoms with Crippen molar-refractivity contribution in [2.75, 3.05) is 0 Å². The third kappa shape index (κ3) is 18.0. The van der Waals surface area contributed by atoms with Gasteiger partial charge in [-0.25, -0.2) is 9.97 Å². The fourth-order valence-corrected chi connectivity index (χ4v) is 16.8. The topological polar surface area (TPSA) is 155 Å². The molecule has 7 aromatic carbocycles. The van der Waals surface area contributed by atoms with Crippen molar-refractivity contribution < 1.29 is 9.85 Å². The van der Waals surface area contributed by atoms with E-state index in [2.05, 4.69) is 63.5 Å². The van der Waals surface area contributed by atoms with Crippen LogP contribution in [0.5, 0.6) is 0 Å². The Balaban J connectivity index is 0.891. The molecule has 0 N–H and O–H groups in total. The molecule has 0 spiro atoms. The van der Waals surface area contributed by atoms with E-state index in [1.54, 1.807) is 20.9 Å². The highest BCUT2D eigenvalue weighted by Crippen LogP contribution is 2.46. The maximum atomic E-state index is 15.2. The summed E-state index contributed by atoms with van der Waals surface area (Å²) < 4.78 is 3.24. The molecule has 0 aliphatic rings. The molecule has 11 rings (SSSR count). The fraction of sp³-hybridized carbons (Fsp3) is 0.556. The van der Waals surface area contributed by atoms with Gasteiger partial charge >= 0.3 is 0 Å². The summed E-state index contributed by atoms with van der Waals surface area (Å²) in [5, 5.41) is 35.4. The Hall–Kier alpha value is -7.96. The number of benzene rings is 7. The molecular weight excluding hydrogens is 1260 g/mol. The van der Waals surface area contributed by atoms with Gasteiger partial charge in [0.05, 0.1) is 31.9 Å². The van der Waals surface area contributed by atoms with Crippen LogP contribution in [0.15, 0.2) is 82.4 Å². The van der Waals surface area contributed by atoms with E-state index in [4.69, 9.17) is 9.97 Å². The Morgan fingerprint density at radius 1 is 0.333 bits per heavy atom. The number of hydrogen-bond acceptors (Lipinski definition) is 8. The zero-order chi connectivity index (χ0) is 71.2. The minimum Gasteiger partial charge on any atom is -0.268 e. The van der Waals surface area contributed by atoms with E-state index in [1.807, 2.05) is 36.4 Å². The summed E-state index contributed by atoms with van der Waals surface area (Å²) in [6.07, 6.45) is 54.3. The summed E-state index contributed by atoms with van der Waals surface area (Å²) in [4.78, 5) is 65.8. The lowest BCUT2D eigenvalue weighted by molar-refractivity contribution is -0.385. The molecular formula is C90H114N6O6. The number of aromatic nitrogens is 4. The SMILES string of the molecule is CCCCCCCCCCCCC(C#Cc1cc2c(cc1[N+](=O)[O-])nc1c3ccc4c5ccc6c(=O)n7c8cc(C#CC(CCCCCCCCCCCC)CCCCCCCCCCCC)c([N+](=O)[O-])cc8nc7c7ccc(c8ccc(c(=O)n21)c3c84)c5c67)CCCCCCCCCCCC. The summed E-state index contributed by atoms with van der Waals surface area (Å²) in [6.45, 7) is 9.05. The highest BCUT2D eigenvalue weighted by molar-refractivity contribution is 6.40. The van der Waals surface area contributed by atoms with Crippen molar-refractivity contribution in [3.8, 4) is 23.7 Å². The van der Waals surface area contributed by atoms with Gasteiger partial charge < -0.3 is 0 Å². The van der Waals surface area contributed by atoms with Gasteiger partial charge in [-0.15, -0.1) is 0 Å². The Bertz CT molecular complexity index is 4480. The molecule has 12 heteroatoms. The van der Waals surface area contributed by atoms with Crippen LogP contribution >= 0.6 is 0 Å². The van der Waals surface area contributed by atoms with Crippen molar-refractivity contribution in [1.82, 2.24) is 18.8 Å². The lowest BCUT2D eigenvalue weighted by atomic mass is 9.86. The van der Waals surface area contributed by atoms with E-state index in [1.165, 1.54) is 243 Å². The summed E-state index contributed by atoms with van der Waals surface area (Å²) in [5.74, 6) is 14.0. The number of hydrogen-bond donors (Lipinski definition) is 0. The highest BCUT2D eigenvalue weighted by Gasteiger charge is 2.27. The molecule has 102 heavy (non-hydrogen) atoms. The molecule has 4 aromatic heterocycles. The van der Waals surface area contributed by atoms with Gasteiger partial charge in [0.1, 0.15) is 22.4 Å². The predicted octanol–water partition coefficient (Wildman–Crippen LogP) is 26.2. The molecule has 0 saturated carbocycles. The van der Waals surface area contributed by atoms with E-state index in [-0.39, 0.29) is 44.2 Å². The predicted molar refractivity (Wildman–Crippen MR) is 430 cm³/mol. The second-order valence-electron chi connectivity index (χ2n) is 30.3. The number of nitrogens with zero attached hydrogens (tertiary/aromatic N) is 6. The van der Waals surface area contributed by atoms with Crippen LogP contribution in [0.2, 0.25) is 0 Å². The normalized spacial score (nSPS) is 12.1. The quantitative estimate of drug-likeness (QED) is 0.00912. The third-order valence-electron chi connectivity index (χ3n) is 22.6. The Labute approximate surface area is 605 Å². The maximum absolute atomic E-state index is 15.2. The first-order chi connectivity index (χ1) is 50.1. The van der Waals surface area contributed by atoms with Crippen molar-refractivity contribution in [3.05, 3.63) is 125 Å². The lowest BCUT2D eigenvalue weighted by Gasteiger charge is -2.18. The molecule has 12 nitrogen and oxygen atoms in total. The molecule has 0 fully saturated rings. The smallest absolute Gasteiger partial charge is 0.268 e. The average Bonchev–Trinajstić information content (AvgIpc) is 1.21. The number of fused-ring (bicyclic) bond motifs is 10. The molecule has 11 aromatic rings. The first-order valence-corrected chi connectivity index (χ1v) is 40.8. The van der Waals surface area contributed by atoms with Gasteiger partial charge in [-0.3, -0.25) is 38.6 Å². The van der Waals surface area contributed by atoms with Gasteiger partial charge in [0.2, 0.25) is 0 Å². The fourth-order valence-electron chi connectivity index (χ4n) is 16.8. The van der Waals surface area contributed by atoms with Gasteiger partial charge in [0, 0.05) is 56.3 Å². The Morgan fingerprint density at radius 2 is 0.569 bits per heavy atom. The molecule has 0 unspecified atom stereocenters. The van der Waals surface area contributed by atoms with E-state index in [0.717, 1.165) is 105 Å². The Kier molecular flexibility index (Phi) is 28.0. The Morgan fingerprint density at radius 3 is 0.833 bits per heavy atom. The molecule has 0 aliphatic heterocycles. The van der Waals surface area contributed by atoms with E-state index >= 15 is 9.59 Å². The highest BCUT2D eigenvalue weighted by atomic mass is 16.6. The number of nitro benzene ring substituents is 2. The largest absolute Gasteiger partial charge is 0.287 e. The van der Waals surface area contributed by atoms with Gasteiger partial charge in [-0.2, -0.15) is 0 Å². The van der Waals surface area contributed by atoms with E-state index in [9.17, 15) is 20.2 Å². The van der Waals surface area contributed by atoms with Crippen molar-refractivity contribution in [2.24, 2.45) is 11.8 Å². The first-order valence-electron chi connectivity index (χ1n) is 40.8. The monoisotopic (exact) mass is 1370 g/mol. The second-order valence-corrected chi connectivity index (χ2v) is 30.3. The summed E-state index contributed by atoms with van der Waals surface area (Å²) in [6, 6.07) is 22.4. The average molecular weight is 1380 g/mol. The van der Waals surface area contributed by atoms with Crippen LogP contribution in [0.4, 0.5) is 11.4 Å². The van der Waals surface area contributed by atoms with E-state index in [0.29, 0.717) is 55.3 Å². The zero-order valence-electron chi connectivity index (χ0n) is 62.3. The molecule has 0 aliphatic carbocycles. The van der Waals surface area contributed by atoms with Crippen LogP contribution in [0.1, 0.15) is 321 Å². The van der Waals surface area contributed by atoms with Crippen molar-refractivity contribution in [2.45, 2.75) is 310 Å². The second kappa shape index (κ2) is 38.0. The number of imidazole rings is 2. The van der Waals surface area contributed by atoms with Crippen molar-refractivity contribution in [1.29, 1.82) is 0 Å². The number of pyridine rings is 2. The molecule has 0 saturated heterocycles. The van der Waals surface area contributed by atoms with Crippen LogP contribution in [-0.4, -0.2) is 28.6 Å². The van der Waals surface area contributed by atoms with Crippen molar-refractivity contribution in [3.63, 3.8) is 0 Å². The molecule has 0 atom stereocenters. The van der Waals surface area contributed by atoms with Crippen LogP contribution in [0.25, 0.3) is 98.0 Å². The van der Waals surface area contributed by atoms with E-state index < -0.39 is 0 Å². The van der Waals surface area contributed by atoms with Crippen LogP contribution in [0, 0.1) is 55.7 Å². The zero-order valence-corrected chi connectivity index (χ0v) is 62.3. The summed E-state index contributed by atoms with van der Waals surface area (Å²) in [5.41, 5.74) is 2.38. The summed E-state index contributed by atoms with van der Waals surface area (Å²) in [7, 11) is 0. The van der Waals surface area contributed by atoms with Gasteiger partial charge in [-0.05, 0) is 94.4 Å². The van der Waals surface area contributed by atoms with Gasteiger partial charge in [0.15, 0.2) is 0 Å². The summed E-state index contributed by atoms with van der Waals surface area (Å²) >= 11 is 0. The molecule has 0 radical (unpaired) electrons. The molecule has 540 valence electrons. The third-order valence-corrected chi connectivity index (χ3v) is 22.6. The van der Waals surface area contributed by atoms with Gasteiger partial charge in [-0.1, -0.05) is 332 Å². The standard InChI is InChI=1S/C90H114N6O6/c1-5-9-13-17-21-25-29-33-37-41-45-65(46-42-38-34-30-26-22-18-14-10-6-2)49-51-67-61-81-77(63-79(67)95(99)100)91-87-73-57-53-69-72-56-60-76-86-74(58-54-70(84(72)86)71-55-59-75(85(73)83(69)71)89(97)93(81)87)88-92-78-64-80(96(101)102)68(62-82(78)94(88)90(76)98)52-50-66(47-43-39-35-31-27-23-19-15-11-7-3)48-44-40-36-32-28-24-20-16-12-8-4/h53-66H,5-48H2,1-4H3. The molecule has 0 bridgehead atoms. The number of nitro groups is 2. The number of rotatable bonds is 46.